The van der Waals surface area contributed by atoms with E-state index in [1.54, 1.807) is 0 Å². The molecule has 1 aromatic heterocycles. The molecule has 0 bridgehead atoms. The molecule has 120 valence electrons. The lowest BCUT2D eigenvalue weighted by molar-refractivity contribution is -0.658. The first-order chi connectivity index (χ1) is 10.1. The molecule has 3 rings (SSSR count). The van der Waals surface area contributed by atoms with Crippen LogP contribution in [-0.4, -0.2) is 16.9 Å². The molecule has 0 spiro atoms. The molecule has 0 unspecified atom stereocenters. The van der Waals surface area contributed by atoms with Crippen LogP contribution >= 0.6 is 0 Å². The van der Waals surface area contributed by atoms with Gasteiger partial charge in [0.25, 0.3) is 6.33 Å². The first-order valence-electron chi connectivity index (χ1n) is 7.08. The number of rotatable bonds is 1. The molecule has 0 aliphatic carbocycles. The van der Waals surface area contributed by atoms with Crippen LogP contribution in [0.4, 0.5) is 17.3 Å². The summed E-state index contributed by atoms with van der Waals surface area (Å²) in [4.78, 5) is 0. The minimum atomic E-state index is -6.00. The minimum Gasteiger partial charge on any atom is -0.418 e. The van der Waals surface area contributed by atoms with Crippen LogP contribution in [0.25, 0.3) is 5.69 Å². The maximum atomic E-state index is 9.75. The van der Waals surface area contributed by atoms with E-state index in [0.717, 1.165) is 13.0 Å². The highest BCUT2D eigenvalue weighted by Crippen LogP contribution is 2.17. The molecule has 0 saturated heterocycles. The van der Waals surface area contributed by atoms with Gasteiger partial charge in [-0.25, -0.2) is 4.57 Å². The monoisotopic (exact) mass is 315 g/mol. The van der Waals surface area contributed by atoms with Gasteiger partial charge in [0.05, 0.1) is 6.54 Å². The lowest BCUT2D eigenvalue weighted by atomic mass is 10.1. The minimum absolute atomic E-state index is 1.11. The average molecular weight is 315 g/mol. The Morgan fingerprint density at radius 2 is 1.64 bits per heavy atom. The average Bonchev–Trinajstić information content (AvgIpc) is 2.85. The zero-order chi connectivity index (χ0) is 16.5. The van der Waals surface area contributed by atoms with Crippen molar-refractivity contribution in [3.05, 3.63) is 41.0 Å². The van der Waals surface area contributed by atoms with Crippen LogP contribution < -0.4 is 4.68 Å². The molecule has 2 aromatic rings. The molecule has 8 heteroatoms. The largest absolute Gasteiger partial charge is 0.673 e. The third kappa shape index (κ3) is 4.08. The molecule has 0 radical (unpaired) electrons. The predicted octanol–water partition coefficient (Wildman–Crippen LogP) is 3.33. The zero-order valence-corrected chi connectivity index (χ0v) is 12.8. The molecule has 2 heterocycles. The van der Waals surface area contributed by atoms with Crippen LogP contribution in [-0.2, 0) is 13.0 Å². The van der Waals surface area contributed by atoms with Crippen molar-refractivity contribution in [1.82, 2.24) is 9.67 Å². The van der Waals surface area contributed by atoms with Crippen molar-refractivity contribution in [3.63, 3.8) is 0 Å². The molecular formula is C14H18BF4N3. The number of benzene rings is 1. The highest BCUT2D eigenvalue weighted by molar-refractivity contribution is 6.50. The summed E-state index contributed by atoms with van der Waals surface area (Å²) < 4.78 is 43.3. The van der Waals surface area contributed by atoms with E-state index >= 15 is 0 Å². The molecule has 3 nitrogen and oxygen atoms in total. The van der Waals surface area contributed by atoms with Crippen LogP contribution in [0.3, 0.4) is 0 Å². The number of aromatic nitrogens is 3. The number of fused-ring (bicyclic) bond motifs is 1. The Labute approximate surface area is 126 Å². The Bertz CT molecular complexity index is 629. The summed E-state index contributed by atoms with van der Waals surface area (Å²) >= 11 is 0. The van der Waals surface area contributed by atoms with E-state index in [2.05, 4.69) is 43.8 Å². The van der Waals surface area contributed by atoms with Crippen molar-refractivity contribution >= 4 is 7.25 Å². The Hall–Kier alpha value is -1.86. The molecule has 1 aliphatic rings. The van der Waals surface area contributed by atoms with Gasteiger partial charge in [0.2, 0.25) is 5.82 Å². The fraction of sp³-hybridized carbons (Fsp3) is 0.429. The predicted molar refractivity (Wildman–Crippen MR) is 76.5 cm³/mol. The van der Waals surface area contributed by atoms with E-state index in [4.69, 9.17) is 5.10 Å². The Kier molecular flexibility index (Phi) is 4.58. The van der Waals surface area contributed by atoms with Crippen molar-refractivity contribution in [2.45, 2.75) is 40.2 Å². The smallest absolute Gasteiger partial charge is 0.418 e. The first kappa shape index (κ1) is 16.5. The third-order valence-electron chi connectivity index (χ3n) is 3.47. The highest BCUT2D eigenvalue weighted by atomic mass is 19.5. The van der Waals surface area contributed by atoms with Gasteiger partial charge in [0.15, 0.2) is 5.69 Å². The summed E-state index contributed by atoms with van der Waals surface area (Å²) in [6.45, 7) is 7.57. The second-order valence-corrected chi connectivity index (χ2v) is 5.52. The summed E-state index contributed by atoms with van der Waals surface area (Å²) in [5.74, 6) is 1.21. The summed E-state index contributed by atoms with van der Waals surface area (Å²) in [7, 11) is -6.00. The molecule has 0 saturated carbocycles. The Balaban J connectivity index is 0.000000309. The van der Waals surface area contributed by atoms with Crippen LogP contribution in [0, 0.1) is 20.8 Å². The van der Waals surface area contributed by atoms with Gasteiger partial charge >= 0.3 is 7.25 Å². The fourth-order valence-electron chi connectivity index (χ4n) is 2.84. The third-order valence-corrected chi connectivity index (χ3v) is 3.47. The SMILES string of the molecule is Cc1cc(C)c(-[n+]2cn3c(n2)CCC3)c(C)c1.F[B-](F)(F)F. The first-order valence-corrected chi connectivity index (χ1v) is 7.08. The standard InChI is InChI=1S/C14H18N3.BF4/c1-10-7-11(2)14(12(3)8-10)17-9-16-6-4-5-13(16)15-17;2-1(3,4)5/h7-9H,4-6H2,1-3H3;/q+1;-1. The van der Waals surface area contributed by atoms with E-state index < -0.39 is 7.25 Å². The van der Waals surface area contributed by atoms with Gasteiger partial charge in [-0.1, -0.05) is 22.4 Å². The highest BCUT2D eigenvalue weighted by Gasteiger charge is 2.23. The number of hydrogen-bond donors (Lipinski definition) is 0. The van der Waals surface area contributed by atoms with E-state index in [0.29, 0.717) is 0 Å². The Morgan fingerprint density at radius 3 is 2.14 bits per heavy atom. The van der Waals surface area contributed by atoms with Gasteiger partial charge in [-0.15, -0.1) is 0 Å². The summed E-state index contributed by atoms with van der Waals surface area (Å²) in [5.41, 5.74) is 5.14. The molecule has 0 amide bonds. The van der Waals surface area contributed by atoms with Crippen LogP contribution in [0.15, 0.2) is 18.5 Å². The number of halogens is 4. The molecule has 1 aliphatic heterocycles. The number of aryl methyl sites for hydroxylation is 5. The summed E-state index contributed by atoms with van der Waals surface area (Å²) in [6, 6.07) is 4.44. The lowest BCUT2D eigenvalue weighted by Crippen LogP contribution is -2.34. The van der Waals surface area contributed by atoms with Gasteiger partial charge in [0, 0.05) is 6.42 Å². The van der Waals surface area contributed by atoms with Gasteiger partial charge < -0.3 is 17.3 Å². The zero-order valence-electron chi connectivity index (χ0n) is 12.8. The van der Waals surface area contributed by atoms with Crippen LogP contribution in [0.1, 0.15) is 28.9 Å². The summed E-state index contributed by atoms with van der Waals surface area (Å²) in [6.07, 6.45) is 4.47. The van der Waals surface area contributed by atoms with Crippen molar-refractivity contribution in [3.8, 4) is 5.69 Å². The van der Waals surface area contributed by atoms with Gasteiger partial charge in [-0.05, 0) is 43.4 Å². The second-order valence-electron chi connectivity index (χ2n) is 5.52. The maximum absolute atomic E-state index is 9.75. The summed E-state index contributed by atoms with van der Waals surface area (Å²) in [5, 5.41) is 4.69. The number of hydrogen-bond acceptors (Lipinski definition) is 1. The Morgan fingerprint density at radius 1 is 1.09 bits per heavy atom. The lowest BCUT2D eigenvalue weighted by Gasteiger charge is -2.05. The quantitative estimate of drug-likeness (QED) is 0.449. The van der Waals surface area contributed by atoms with Crippen LogP contribution in [0.5, 0.6) is 0 Å². The van der Waals surface area contributed by atoms with Crippen LogP contribution in [0.2, 0.25) is 0 Å². The number of nitrogens with zero attached hydrogens (tertiary/aromatic N) is 3. The van der Waals surface area contributed by atoms with Gasteiger partial charge in [-0.2, -0.15) is 0 Å². The topological polar surface area (TPSA) is 21.7 Å². The molecule has 1 aromatic carbocycles. The normalized spacial score (nSPS) is 13.6. The molecule has 0 atom stereocenters. The maximum Gasteiger partial charge on any atom is 0.673 e. The fourth-order valence-corrected chi connectivity index (χ4v) is 2.84. The molecule has 22 heavy (non-hydrogen) atoms. The van der Waals surface area contributed by atoms with E-state index in [-0.39, 0.29) is 0 Å². The molecule has 0 N–H and O–H groups in total. The van der Waals surface area contributed by atoms with Crippen molar-refractivity contribution in [2.24, 2.45) is 0 Å². The van der Waals surface area contributed by atoms with Crippen molar-refractivity contribution in [2.75, 3.05) is 0 Å². The molecular weight excluding hydrogens is 297 g/mol. The van der Waals surface area contributed by atoms with E-state index in [1.165, 1.54) is 34.6 Å². The van der Waals surface area contributed by atoms with Crippen molar-refractivity contribution in [1.29, 1.82) is 0 Å². The molecule has 0 fully saturated rings. The van der Waals surface area contributed by atoms with E-state index in [1.807, 2.05) is 4.68 Å². The van der Waals surface area contributed by atoms with Gasteiger partial charge in [-0.3, -0.25) is 0 Å². The van der Waals surface area contributed by atoms with Crippen molar-refractivity contribution < 1.29 is 21.9 Å². The van der Waals surface area contributed by atoms with E-state index in [9.17, 15) is 17.3 Å². The second kappa shape index (κ2) is 6.10. The van der Waals surface area contributed by atoms with Gasteiger partial charge in [0.1, 0.15) is 0 Å².